The summed E-state index contributed by atoms with van der Waals surface area (Å²) in [6, 6.07) is 11.2. The highest BCUT2D eigenvalue weighted by molar-refractivity contribution is 7.11. The van der Waals surface area contributed by atoms with Crippen molar-refractivity contribution in [1.82, 2.24) is 10.3 Å². The Labute approximate surface area is 132 Å². The number of hydrogen-bond donors (Lipinski definition) is 1. The van der Waals surface area contributed by atoms with Crippen LogP contribution in [-0.4, -0.2) is 17.6 Å². The van der Waals surface area contributed by atoms with E-state index in [-0.39, 0.29) is 5.41 Å². The number of nitrogens with one attached hydrogen (secondary N) is 1. The summed E-state index contributed by atoms with van der Waals surface area (Å²) >= 11 is 1.83. The molecule has 1 unspecified atom stereocenters. The monoisotopic (exact) mass is 302 g/mol. The van der Waals surface area contributed by atoms with Gasteiger partial charge in [-0.05, 0) is 26.0 Å². The third-order valence-corrected chi connectivity index (χ3v) is 5.39. The molecule has 0 aliphatic carbocycles. The summed E-state index contributed by atoms with van der Waals surface area (Å²) in [5.41, 5.74) is 2.62. The third-order valence-electron chi connectivity index (χ3n) is 4.29. The standard InChI is InChI=1S/C18H26N2S/c1-6-19-16(12-17-20-13(2)14(3)21-17)18(4,5)15-10-8-7-9-11-15/h7-11,16,19H,6,12H2,1-5H3. The number of thiazole rings is 1. The molecule has 0 radical (unpaired) electrons. The van der Waals surface area contributed by atoms with Gasteiger partial charge >= 0.3 is 0 Å². The van der Waals surface area contributed by atoms with Crippen LogP contribution in [0.25, 0.3) is 0 Å². The lowest BCUT2D eigenvalue weighted by molar-refractivity contribution is 0.342. The van der Waals surface area contributed by atoms with Gasteiger partial charge in [-0.25, -0.2) is 4.98 Å². The Morgan fingerprint density at radius 3 is 2.38 bits per heavy atom. The number of aryl methyl sites for hydroxylation is 2. The smallest absolute Gasteiger partial charge is 0.0946 e. The topological polar surface area (TPSA) is 24.9 Å². The minimum atomic E-state index is 0.0742. The molecule has 1 atom stereocenters. The van der Waals surface area contributed by atoms with E-state index < -0.39 is 0 Å². The van der Waals surface area contributed by atoms with Gasteiger partial charge in [0.25, 0.3) is 0 Å². The van der Waals surface area contributed by atoms with Gasteiger partial charge in [-0.15, -0.1) is 11.3 Å². The Morgan fingerprint density at radius 1 is 1.19 bits per heavy atom. The van der Waals surface area contributed by atoms with Crippen LogP contribution in [0.1, 0.15) is 41.9 Å². The van der Waals surface area contributed by atoms with Gasteiger partial charge in [-0.1, -0.05) is 51.1 Å². The van der Waals surface area contributed by atoms with E-state index >= 15 is 0 Å². The van der Waals surface area contributed by atoms with Gasteiger partial charge in [0.15, 0.2) is 0 Å². The Bertz CT molecular complexity index is 553. The van der Waals surface area contributed by atoms with Gasteiger partial charge in [-0.2, -0.15) is 0 Å². The molecule has 3 heteroatoms. The molecule has 1 aromatic carbocycles. The Hall–Kier alpha value is -1.19. The fourth-order valence-electron chi connectivity index (χ4n) is 2.70. The molecule has 0 spiro atoms. The number of likely N-dealkylation sites (N-methyl/N-ethyl adjacent to an activating group) is 1. The van der Waals surface area contributed by atoms with E-state index in [0.29, 0.717) is 6.04 Å². The molecule has 0 aliphatic heterocycles. The van der Waals surface area contributed by atoms with Gasteiger partial charge in [0.05, 0.1) is 10.7 Å². The average molecular weight is 302 g/mol. The predicted molar refractivity (Wildman–Crippen MR) is 92.2 cm³/mol. The van der Waals surface area contributed by atoms with E-state index in [2.05, 4.69) is 70.3 Å². The lowest BCUT2D eigenvalue weighted by Crippen LogP contribution is -2.46. The van der Waals surface area contributed by atoms with Crippen LogP contribution >= 0.6 is 11.3 Å². The number of nitrogens with zero attached hydrogens (tertiary/aromatic N) is 1. The highest BCUT2D eigenvalue weighted by Crippen LogP contribution is 2.30. The second-order valence-electron chi connectivity index (χ2n) is 6.15. The van der Waals surface area contributed by atoms with Crippen molar-refractivity contribution in [2.45, 2.75) is 52.5 Å². The largest absolute Gasteiger partial charge is 0.313 e. The summed E-state index contributed by atoms with van der Waals surface area (Å²) in [7, 11) is 0. The summed E-state index contributed by atoms with van der Waals surface area (Å²) in [4.78, 5) is 6.05. The van der Waals surface area contributed by atoms with E-state index in [9.17, 15) is 0 Å². The fourth-order valence-corrected chi connectivity index (χ4v) is 3.68. The lowest BCUT2D eigenvalue weighted by Gasteiger charge is -2.35. The molecule has 1 aromatic heterocycles. The van der Waals surface area contributed by atoms with Crippen molar-refractivity contribution in [3.05, 3.63) is 51.5 Å². The normalized spacial score (nSPS) is 13.4. The first-order chi connectivity index (χ1) is 9.95. The molecule has 2 aromatic rings. The maximum atomic E-state index is 4.72. The molecular weight excluding hydrogens is 276 g/mol. The molecule has 114 valence electrons. The van der Waals surface area contributed by atoms with Crippen LogP contribution in [0.2, 0.25) is 0 Å². The second kappa shape index (κ2) is 6.71. The van der Waals surface area contributed by atoms with Gasteiger partial charge in [0.2, 0.25) is 0 Å². The Morgan fingerprint density at radius 2 is 1.86 bits per heavy atom. The Kier molecular flexibility index (Phi) is 5.17. The first-order valence-corrected chi connectivity index (χ1v) is 8.48. The van der Waals surface area contributed by atoms with Crippen molar-refractivity contribution in [1.29, 1.82) is 0 Å². The zero-order valence-electron chi connectivity index (χ0n) is 13.7. The first kappa shape index (κ1) is 16.2. The van der Waals surface area contributed by atoms with E-state index in [4.69, 9.17) is 4.98 Å². The zero-order valence-corrected chi connectivity index (χ0v) is 14.6. The molecule has 0 saturated carbocycles. The van der Waals surface area contributed by atoms with Crippen molar-refractivity contribution >= 4 is 11.3 Å². The maximum absolute atomic E-state index is 4.72. The summed E-state index contributed by atoms with van der Waals surface area (Å²) in [6.07, 6.45) is 0.981. The van der Waals surface area contributed by atoms with Gasteiger partial charge in [-0.3, -0.25) is 0 Å². The van der Waals surface area contributed by atoms with Crippen molar-refractivity contribution in [2.24, 2.45) is 0 Å². The highest BCUT2D eigenvalue weighted by Gasteiger charge is 2.31. The van der Waals surface area contributed by atoms with Crippen LogP contribution in [-0.2, 0) is 11.8 Å². The Balaban J connectivity index is 2.25. The molecule has 0 saturated heterocycles. The lowest BCUT2D eigenvalue weighted by atomic mass is 9.76. The van der Waals surface area contributed by atoms with Gasteiger partial charge < -0.3 is 5.32 Å². The molecule has 21 heavy (non-hydrogen) atoms. The quantitative estimate of drug-likeness (QED) is 0.862. The van der Waals surface area contributed by atoms with Gasteiger partial charge in [0, 0.05) is 22.8 Å². The zero-order chi connectivity index (χ0) is 15.5. The molecule has 0 amide bonds. The van der Waals surface area contributed by atoms with Crippen molar-refractivity contribution in [3.63, 3.8) is 0 Å². The minimum Gasteiger partial charge on any atom is -0.313 e. The molecule has 0 fully saturated rings. The van der Waals surface area contributed by atoms with Crippen LogP contribution in [0.15, 0.2) is 30.3 Å². The van der Waals surface area contributed by atoms with Crippen molar-refractivity contribution in [3.8, 4) is 0 Å². The third kappa shape index (κ3) is 3.72. The summed E-state index contributed by atoms with van der Waals surface area (Å²) in [5, 5.41) is 4.90. The highest BCUT2D eigenvalue weighted by atomic mass is 32.1. The maximum Gasteiger partial charge on any atom is 0.0946 e. The van der Waals surface area contributed by atoms with E-state index in [1.54, 1.807) is 0 Å². The van der Waals surface area contributed by atoms with Crippen LogP contribution in [0.4, 0.5) is 0 Å². The second-order valence-corrected chi connectivity index (χ2v) is 7.44. The molecular formula is C18H26N2S. The SMILES string of the molecule is CCNC(Cc1nc(C)c(C)s1)C(C)(C)c1ccccc1. The number of hydrogen-bond acceptors (Lipinski definition) is 3. The van der Waals surface area contributed by atoms with Crippen LogP contribution in [0.5, 0.6) is 0 Å². The average Bonchev–Trinajstić information content (AvgIpc) is 2.78. The summed E-state index contributed by atoms with van der Waals surface area (Å²) in [6.45, 7) is 12.0. The predicted octanol–water partition coefficient (Wildman–Crippen LogP) is 4.26. The summed E-state index contributed by atoms with van der Waals surface area (Å²) < 4.78 is 0. The van der Waals surface area contributed by atoms with Crippen molar-refractivity contribution in [2.75, 3.05) is 6.54 Å². The van der Waals surface area contributed by atoms with Gasteiger partial charge in [0.1, 0.15) is 0 Å². The molecule has 1 N–H and O–H groups in total. The molecule has 0 bridgehead atoms. The molecule has 2 nitrogen and oxygen atoms in total. The molecule has 0 aliphatic rings. The number of aromatic nitrogens is 1. The van der Waals surface area contributed by atoms with Crippen LogP contribution < -0.4 is 5.32 Å². The molecule has 2 rings (SSSR count). The van der Waals surface area contributed by atoms with Crippen molar-refractivity contribution < 1.29 is 0 Å². The van der Waals surface area contributed by atoms with Crippen LogP contribution in [0.3, 0.4) is 0 Å². The van der Waals surface area contributed by atoms with E-state index in [0.717, 1.165) is 13.0 Å². The van der Waals surface area contributed by atoms with E-state index in [1.807, 2.05) is 11.3 Å². The fraction of sp³-hybridized carbons (Fsp3) is 0.500. The molecule has 1 heterocycles. The van der Waals surface area contributed by atoms with E-state index in [1.165, 1.54) is 21.1 Å². The number of benzene rings is 1. The number of rotatable bonds is 6. The van der Waals surface area contributed by atoms with Crippen LogP contribution in [0, 0.1) is 13.8 Å². The first-order valence-electron chi connectivity index (χ1n) is 7.67. The minimum absolute atomic E-state index is 0.0742. The summed E-state index contributed by atoms with van der Waals surface area (Å²) in [5.74, 6) is 0.